The average molecular weight is 203 g/mol. The SMILES string of the molecule is Cc1cnc(C)c(NC2CC=CCC2)n1. The van der Waals surface area contributed by atoms with Crippen LogP contribution in [0.2, 0.25) is 0 Å². The fourth-order valence-electron chi connectivity index (χ4n) is 1.79. The molecule has 1 aromatic rings. The Kier molecular flexibility index (Phi) is 2.99. The highest BCUT2D eigenvalue weighted by atomic mass is 15.0. The quantitative estimate of drug-likeness (QED) is 0.751. The molecule has 3 nitrogen and oxygen atoms in total. The van der Waals surface area contributed by atoms with E-state index in [-0.39, 0.29) is 0 Å². The van der Waals surface area contributed by atoms with Crippen molar-refractivity contribution >= 4 is 5.82 Å². The van der Waals surface area contributed by atoms with Crippen molar-refractivity contribution < 1.29 is 0 Å². The number of aryl methyl sites for hydroxylation is 2. The van der Waals surface area contributed by atoms with Crippen LogP contribution in [0.3, 0.4) is 0 Å². The highest BCUT2D eigenvalue weighted by Gasteiger charge is 2.11. The van der Waals surface area contributed by atoms with Crippen LogP contribution in [0.1, 0.15) is 30.7 Å². The Bertz CT molecular complexity index is 371. The van der Waals surface area contributed by atoms with Crippen LogP contribution < -0.4 is 5.32 Å². The van der Waals surface area contributed by atoms with E-state index in [1.165, 1.54) is 6.42 Å². The number of nitrogens with one attached hydrogen (secondary N) is 1. The van der Waals surface area contributed by atoms with Crippen molar-refractivity contribution in [2.45, 2.75) is 39.2 Å². The van der Waals surface area contributed by atoms with Gasteiger partial charge in [-0.15, -0.1) is 0 Å². The molecule has 1 heterocycles. The lowest BCUT2D eigenvalue weighted by atomic mass is 10.0. The first kappa shape index (κ1) is 10.1. The topological polar surface area (TPSA) is 37.8 Å². The molecule has 15 heavy (non-hydrogen) atoms. The molecule has 0 amide bonds. The molecule has 1 aliphatic rings. The van der Waals surface area contributed by atoms with Gasteiger partial charge in [0.2, 0.25) is 0 Å². The molecule has 0 saturated heterocycles. The number of nitrogens with zero attached hydrogens (tertiary/aromatic N) is 2. The maximum Gasteiger partial charge on any atom is 0.147 e. The smallest absolute Gasteiger partial charge is 0.147 e. The molecule has 1 atom stereocenters. The number of hydrogen-bond donors (Lipinski definition) is 1. The van der Waals surface area contributed by atoms with Gasteiger partial charge < -0.3 is 5.32 Å². The van der Waals surface area contributed by atoms with Gasteiger partial charge in [0, 0.05) is 12.2 Å². The fraction of sp³-hybridized carbons (Fsp3) is 0.500. The zero-order valence-corrected chi connectivity index (χ0v) is 9.33. The first-order valence-corrected chi connectivity index (χ1v) is 5.47. The van der Waals surface area contributed by atoms with E-state index >= 15 is 0 Å². The van der Waals surface area contributed by atoms with E-state index < -0.39 is 0 Å². The summed E-state index contributed by atoms with van der Waals surface area (Å²) in [6.07, 6.45) is 9.73. The predicted octanol–water partition coefficient (Wildman–Crippen LogP) is 2.61. The minimum atomic E-state index is 0.518. The lowest BCUT2D eigenvalue weighted by Crippen LogP contribution is -2.22. The van der Waals surface area contributed by atoms with Crippen molar-refractivity contribution in [1.29, 1.82) is 0 Å². The second-order valence-electron chi connectivity index (χ2n) is 4.07. The van der Waals surface area contributed by atoms with Gasteiger partial charge in [-0.1, -0.05) is 12.2 Å². The van der Waals surface area contributed by atoms with Crippen LogP contribution in [0, 0.1) is 13.8 Å². The van der Waals surface area contributed by atoms with E-state index in [9.17, 15) is 0 Å². The molecule has 0 bridgehead atoms. The summed E-state index contributed by atoms with van der Waals surface area (Å²) in [4.78, 5) is 8.77. The summed E-state index contributed by atoms with van der Waals surface area (Å²) in [6, 6.07) is 0.518. The average Bonchev–Trinajstić information content (AvgIpc) is 2.25. The van der Waals surface area contributed by atoms with Crippen molar-refractivity contribution in [1.82, 2.24) is 9.97 Å². The molecule has 2 rings (SSSR count). The molecule has 0 aromatic carbocycles. The molecule has 0 saturated carbocycles. The predicted molar refractivity (Wildman–Crippen MR) is 61.9 cm³/mol. The van der Waals surface area contributed by atoms with Crippen molar-refractivity contribution in [3.8, 4) is 0 Å². The maximum absolute atomic E-state index is 4.47. The zero-order chi connectivity index (χ0) is 10.7. The van der Waals surface area contributed by atoms with Crippen molar-refractivity contribution in [2.75, 3.05) is 5.32 Å². The molecule has 80 valence electrons. The van der Waals surface area contributed by atoms with E-state index in [1.54, 1.807) is 6.20 Å². The van der Waals surface area contributed by atoms with E-state index in [0.717, 1.165) is 30.0 Å². The van der Waals surface area contributed by atoms with Crippen molar-refractivity contribution in [3.05, 3.63) is 29.7 Å². The second-order valence-corrected chi connectivity index (χ2v) is 4.07. The molecule has 0 aliphatic heterocycles. The molecule has 1 aliphatic carbocycles. The fourth-order valence-corrected chi connectivity index (χ4v) is 1.79. The Morgan fingerprint density at radius 1 is 1.33 bits per heavy atom. The van der Waals surface area contributed by atoms with Crippen LogP contribution in [-0.4, -0.2) is 16.0 Å². The van der Waals surface area contributed by atoms with E-state index in [1.807, 2.05) is 13.8 Å². The summed E-state index contributed by atoms with van der Waals surface area (Å²) in [7, 11) is 0. The van der Waals surface area contributed by atoms with Crippen LogP contribution >= 0.6 is 0 Å². The minimum Gasteiger partial charge on any atom is -0.366 e. The first-order valence-electron chi connectivity index (χ1n) is 5.47. The Morgan fingerprint density at radius 3 is 2.93 bits per heavy atom. The highest BCUT2D eigenvalue weighted by molar-refractivity contribution is 5.40. The standard InChI is InChI=1S/C12H17N3/c1-9-8-13-10(2)12(14-9)15-11-6-4-3-5-7-11/h3-4,8,11H,5-7H2,1-2H3,(H,14,15). The van der Waals surface area contributed by atoms with Gasteiger partial charge in [0.1, 0.15) is 5.82 Å². The highest BCUT2D eigenvalue weighted by Crippen LogP contribution is 2.17. The summed E-state index contributed by atoms with van der Waals surface area (Å²) >= 11 is 0. The van der Waals surface area contributed by atoms with Gasteiger partial charge in [0.15, 0.2) is 0 Å². The Balaban J connectivity index is 2.09. The lowest BCUT2D eigenvalue weighted by Gasteiger charge is -2.20. The van der Waals surface area contributed by atoms with Crippen LogP contribution in [0.5, 0.6) is 0 Å². The molecule has 0 fully saturated rings. The summed E-state index contributed by atoms with van der Waals surface area (Å²) < 4.78 is 0. The van der Waals surface area contributed by atoms with Gasteiger partial charge in [-0.05, 0) is 33.1 Å². The zero-order valence-electron chi connectivity index (χ0n) is 9.33. The minimum absolute atomic E-state index is 0.518. The molecule has 3 heteroatoms. The molecule has 1 N–H and O–H groups in total. The van der Waals surface area contributed by atoms with Gasteiger partial charge >= 0.3 is 0 Å². The number of allylic oxidation sites excluding steroid dienone is 1. The molecule has 0 spiro atoms. The number of hydrogen-bond acceptors (Lipinski definition) is 3. The van der Waals surface area contributed by atoms with Gasteiger partial charge in [-0.3, -0.25) is 4.98 Å². The third kappa shape index (κ3) is 2.55. The van der Waals surface area contributed by atoms with Crippen LogP contribution in [0.15, 0.2) is 18.3 Å². The molecular weight excluding hydrogens is 186 g/mol. The normalized spacial score (nSPS) is 20.3. The van der Waals surface area contributed by atoms with E-state index in [4.69, 9.17) is 0 Å². The third-order valence-corrected chi connectivity index (χ3v) is 2.69. The van der Waals surface area contributed by atoms with Crippen LogP contribution in [-0.2, 0) is 0 Å². The molecule has 1 aromatic heterocycles. The van der Waals surface area contributed by atoms with Crippen LogP contribution in [0.25, 0.3) is 0 Å². The Morgan fingerprint density at radius 2 is 2.20 bits per heavy atom. The van der Waals surface area contributed by atoms with Gasteiger partial charge in [0.25, 0.3) is 0 Å². The molecule has 0 radical (unpaired) electrons. The summed E-state index contributed by atoms with van der Waals surface area (Å²) in [5.41, 5.74) is 1.95. The molecular formula is C12H17N3. The van der Waals surface area contributed by atoms with Gasteiger partial charge in [-0.2, -0.15) is 0 Å². The van der Waals surface area contributed by atoms with Crippen LogP contribution in [0.4, 0.5) is 5.82 Å². The summed E-state index contributed by atoms with van der Waals surface area (Å²) in [5.74, 6) is 0.940. The maximum atomic E-state index is 4.47. The Hall–Kier alpha value is -1.38. The first-order chi connectivity index (χ1) is 7.25. The molecule has 1 unspecified atom stereocenters. The van der Waals surface area contributed by atoms with E-state index in [2.05, 4.69) is 27.4 Å². The second kappa shape index (κ2) is 4.43. The van der Waals surface area contributed by atoms with Crippen molar-refractivity contribution in [3.63, 3.8) is 0 Å². The Labute approximate surface area is 90.6 Å². The number of aromatic nitrogens is 2. The number of anilines is 1. The van der Waals surface area contributed by atoms with E-state index in [0.29, 0.717) is 6.04 Å². The lowest BCUT2D eigenvalue weighted by molar-refractivity contribution is 0.640. The largest absolute Gasteiger partial charge is 0.366 e. The van der Waals surface area contributed by atoms with Gasteiger partial charge in [0.05, 0.1) is 11.4 Å². The third-order valence-electron chi connectivity index (χ3n) is 2.69. The monoisotopic (exact) mass is 203 g/mol. The summed E-state index contributed by atoms with van der Waals surface area (Å²) in [5, 5.41) is 3.47. The van der Waals surface area contributed by atoms with Gasteiger partial charge in [-0.25, -0.2) is 4.98 Å². The summed E-state index contributed by atoms with van der Waals surface area (Å²) in [6.45, 7) is 3.96. The number of rotatable bonds is 2. The van der Waals surface area contributed by atoms with Crippen molar-refractivity contribution in [2.24, 2.45) is 0 Å².